The molecule has 3 rings (SSSR count). The van der Waals surface area contributed by atoms with Gasteiger partial charge in [-0.2, -0.15) is 5.10 Å². The summed E-state index contributed by atoms with van der Waals surface area (Å²) < 4.78 is 1.69. The third-order valence-electron chi connectivity index (χ3n) is 4.95. The molecule has 6 heteroatoms. The number of carbonyl (C=O) groups is 1. The first kappa shape index (κ1) is 18.6. The molecule has 1 amide bonds. The highest BCUT2D eigenvalue weighted by molar-refractivity contribution is 6.04. The van der Waals surface area contributed by atoms with E-state index in [0.717, 1.165) is 44.1 Å². The molecule has 0 bridgehead atoms. The molecular formula is C20H29N5O. The zero-order valence-electron chi connectivity index (χ0n) is 16.0. The molecule has 0 atom stereocenters. The lowest BCUT2D eigenvalue weighted by Crippen LogP contribution is -2.45. The second kappa shape index (κ2) is 8.47. The summed E-state index contributed by atoms with van der Waals surface area (Å²) in [7, 11) is 1.83. The van der Waals surface area contributed by atoms with Crippen LogP contribution in [0.4, 0.5) is 5.82 Å². The van der Waals surface area contributed by atoms with Gasteiger partial charge >= 0.3 is 0 Å². The van der Waals surface area contributed by atoms with Crippen LogP contribution in [-0.4, -0.2) is 58.2 Å². The number of nitrogens with one attached hydrogen (secondary N) is 1. The number of piperazine rings is 1. The Balaban J connectivity index is 1.60. The summed E-state index contributed by atoms with van der Waals surface area (Å²) in [6.45, 7) is 10.7. The summed E-state index contributed by atoms with van der Waals surface area (Å²) in [5.74, 6) is 0.652. The van der Waals surface area contributed by atoms with Gasteiger partial charge in [0.25, 0.3) is 5.91 Å². The van der Waals surface area contributed by atoms with Crippen molar-refractivity contribution < 1.29 is 4.79 Å². The predicted molar refractivity (Wildman–Crippen MR) is 104 cm³/mol. The molecule has 140 valence electrons. The first-order valence-corrected chi connectivity index (χ1v) is 9.40. The Hall–Kier alpha value is -2.18. The lowest BCUT2D eigenvalue weighted by Gasteiger charge is -2.34. The van der Waals surface area contributed by atoms with Gasteiger partial charge in [-0.25, -0.2) is 0 Å². The maximum absolute atomic E-state index is 12.6. The summed E-state index contributed by atoms with van der Waals surface area (Å²) in [6.07, 6.45) is 2.97. The highest BCUT2D eigenvalue weighted by Crippen LogP contribution is 2.15. The number of anilines is 1. The summed E-state index contributed by atoms with van der Waals surface area (Å²) in [5.41, 5.74) is 2.83. The molecule has 26 heavy (non-hydrogen) atoms. The van der Waals surface area contributed by atoms with Crippen molar-refractivity contribution in [1.82, 2.24) is 19.6 Å². The molecule has 0 aliphatic carbocycles. The maximum Gasteiger partial charge on any atom is 0.256 e. The van der Waals surface area contributed by atoms with E-state index in [0.29, 0.717) is 5.56 Å². The first-order chi connectivity index (χ1) is 12.6. The smallest absolute Gasteiger partial charge is 0.256 e. The Morgan fingerprint density at radius 3 is 2.58 bits per heavy atom. The quantitative estimate of drug-likeness (QED) is 0.865. The molecule has 1 saturated heterocycles. The molecular weight excluding hydrogens is 326 g/mol. The van der Waals surface area contributed by atoms with Gasteiger partial charge in [-0.05, 0) is 37.6 Å². The van der Waals surface area contributed by atoms with Crippen molar-refractivity contribution in [3.8, 4) is 0 Å². The Bertz CT molecular complexity index is 727. The molecule has 2 heterocycles. The van der Waals surface area contributed by atoms with Crippen molar-refractivity contribution in [2.45, 2.75) is 26.8 Å². The third kappa shape index (κ3) is 4.51. The van der Waals surface area contributed by atoms with Crippen molar-refractivity contribution in [2.75, 3.05) is 38.0 Å². The van der Waals surface area contributed by atoms with Crippen LogP contribution >= 0.6 is 0 Å². The van der Waals surface area contributed by atoms with E-state index in [2.05, 4.69) is 33.2 Å². The van der Waals surface area contributed by atoms with E-state index < -0.39 is 0 Å². The summed E-state index contributed by atoms with van der Waals surface area (Å²) in [4.78, 5) is 17.6. The van der Waals surface area contributed by atoms with Gasteiger partial charge in [0, 0.05) is 50.9 Å². The normalized spacial score (nSPS) is 16.0. The Kier molecular flexibility index (Phi) is 6.06. The highest BCUT2D eigenvalue weighted by Gasteiger charge is 2.17. The average Bonchev–Trinajstić information content (AvgIpc) is 2.96. The molecule has 6 nitrogen and oxygen atoms in total. The molecule has 1 aromatic heterocycles. The predicted octanol–water partition coefficient (Wildman–Crippen LogP) is 2.51. The van der Waals surface area contributed by atoms with Crippen LogP contribution in [0.15, 0.2) is 30.5 Å². The largest absolute Gasteiger partial charge is 0.307 e. The van der Waals surface area contributed by atoms with Crippen LogP contribution in [-0.2, 0) is 13.6 Å². The zero-order valence-corrected chi connectivity index (χ0v) is 16.0. The maximum atomic E-state index is 12.6. The van der Waals surface area contributed by atoms with Crippen LogP contribution in [0.3, 0.4) is 0 Å². The lowest BCUT2D eigenvalue weighted by atomic mass is 10.1. The van der Waals surface area contributed by atoms with Crippen molar-refractivity contribution in [3.05, 3.63) is 47.2 Å². The van der Waals surface area contributed by atoms with Crippen molar-refractivity contribution in [1.29, 1.82) is 0 Å². The fourth-order valence-corrected chi connectivity index (χ4v) is 3.46. The number of aromatic nitrogens is 2. The van der Waals surface area contributed by atoms with Crippen molar-refractivity contribution in [3.63, 3.8) is 0 Å². The fraction of sp³-hybridized carbons (Fsp3) is 0.500. The van der Waals surface area contributed by atoms with Crippen LogP contribution in [0.5, 0.6) is 0 Å². The SMILES string of the molecule is CCCN1CCN(Cc2cccc(C(=O)Nc3c(C)cnn3C)c2)CC1. The zero-order chi connectivity index (χ0) is 18.5. The van der Waals surface area contributed by atoms with Gasteiger partial charge in [-0.1, -0.05) is 19.1 Å². The minimum absolute atomic E-state index is 0.0914. The van der Waals surface area contributed by atoms with Gasteiger partial charge in [0.1, 0.15) is 5.82 Å². The molecule has 0 radical (unpaired) electrons. The van der Waals surface area contributed by atoms with Gasteiger partial charge in [0.15, 0.2) is 0 Å². The summed E-state index contributed by atoms with van der Waals surface area (Å²) in [5, 5.41) is 7.14. The van der Waals surface area contributed by atoms with Crippen molar-refractivity contribution in [2.24, 2.45) is 7.05 Å². The molecule has 2 aromatic rings. The summed E-state index contributed by atoms with van der Waals surface area (Å²) in [6, 6.07) is 7.93. The molecule has 1 N–H and O–H groups in total. The van der Waals surface area contributed by atoms with Gasteiger partial charge in [0.05, 0.1) is 6.20 Å². The van der Waals surface area contributed by atoms with Gasteiger partial charge in [-0.3, -0.25) is 14.4 Å². The van der Waals surface area contributed by atoms with E-state index in [4.69, 9.17) is 0 Å². The number of hydrogen-bond donors (Lipinski definition) is 1. The van der Waals surface area contributed by atoms with Gasteiger partial charge in [-0.15, -0.1) is 0 Å². The summed E-state index contributed by atoms with van der Waals surface area (Å²) >= 11 is 0. The van der Waals surface area contributed by atoms with Crippen LogP contribution in [0, 0.1) is 6.92 Å². The van der Waals surface area contributed by atoms with E-state index in [9.17, 15) is 4.79 Å². The van der Waals surface area contributed by atoms with E-state index in [1.54, 1.807) is 10.9 Å². The number of benzene rings is 1. The van der Waals surface area contributed by atoms with E-state index >= 15 is 0 Å². The van der Waals surface area contributed by atoms with Gasteiger partial charge < -0.3 is 10.2 Å². The monoisotopic (exact) mass is 355 g/mol. The molecule has 0 saturated carbocycles. The molecule has 1 aliphatic rings. The number of rotatable bonds is 6. The minimum atomic E-state index is -0.0914. The van der Waals surface area contributed by atoms with E-state index in [1.165, 1.54) is 18.5 Å². The molecule has 0 unspecified atom stereocenters. The number of hydrogen-bond acceptors (Lipinski definition) is 4. The van der Waals surface area contributed by atoms with E-state index in [1.807, 2.05) is 32.2 Å². The lowest BCUT2D eigenvalue weighted by molar-refractivity contribution is 0.102. The van der Waals surface area contributed by atoms with Gasteiger partial charge in [0.2, 0.25) is 0 Å². The second-order valence-corrected chi connectivity index (χ2v) is 7.07. The van der Waals surface area contributed by atoms with Crippen molar-refractivity contribution >= 4 is 11.7 Å². The Morgan fingerprint density at radius 2 is 1.92 bits per heavy atom. The fourth-order valence-electron chi connectivity index (χ4n) is 3.46. The third-order valence-corrected chi connectivity index (χ3v) is 4.95. The number of carbonyl (C=O) groups excluding carboxylic acids is 1. The Morgan fingerprint density at radius 1 is 1.19 bits per heavy atom. The standard InChI is InChI=1S/C20H29N5O/c1-4-8-24-9-11-25(12-10-24)15-17-6-5-7-18(13-17)20(26)22-19-16(2)14-21-23(19)3/h5-7,13-14H,4,8-12,15H2,1-3H3,(H,22,26). The average molecular weight is 355 g/mol. The van der Waals surface area contributed by atoms with Crippen LogP contribution in [0.1, 0.15) is 34.8 Å². The molecule has 0 spiro atoms. The van der Waals surface area contributed by atoms with E-state index in [-0.39, 0.29) is 5.91 Å². The van der Waals surface area contributed by atoms with Crippen LogP contribution in [0.25, 0.3) is 0 Å². The highest BCUT2D eigenvalue weighted by atomic mass is 16.1. The van der Waals surface area contributed by atoms with Crippen LogP contribution in [0.2, 0.25) is 0 Å². The molecule has 1 aliphatic heterocycles. The minimum Gasteiger partial charge on any atom is -0.307 e. The second-order valence-electron chi connectivity index (χ2n) is 7.07. The van der Waals surface area contributed by atoms with Crippen LogP contribution < -0.4 is 5.32 Å². The number of amides is 1. The topological polar surface area (TPSA) is 53.4 Å². The molecule has 1 fully saturated rings. The first-order valence-electron chi connectivity index (χ1n) is 9.40. The number of nitrogens with zero attached hydrogens (tertiary/aromatic N) is 4. The Labute approximate surface area is 155 Å². The molecule has 1 aromatic carbocycles. The number of aryl methyl sites for hydroxylation is 2.